The van der Waals surface area contributed by atoms with Crippen LogP contribution in [0.2, 0.25) is 0 Å². The van der Waals surface area contributed by atoms with Crippen LogP contribution in [0.25, 0.3) is 11.4 Å². The molecular formula is C14H11N5O4. The highest BCUT2D eigenvalue weighted by atomic mass is 16.5. The van der Waals surface area contributed by atoms with Gasteiger partial charge in [-0.15, -0.1) is 0 Å². The molecule has 0 aliphatic rings. The van der Waals surface area contributed by atoms with Gasteiger partial charge in [-0.25, -0.2) is 4.98 Å². The van der Waals surface area contributed by atoms with Crippen LogP contribution in [0.15, 0.2) is 46.3 Å². The first kappa shape index (κ1) is 14.4. The zero-order valence-corrected chi connectivity index (χ0v) is 11.9. The van der Waals surface area contributed by atoms with Crippen molar-refractivity contribution in [3.63, 3.8) is 0 Å². The summed E-state index contributed by atoms with van der Waals surface area (Å²) in [6, 6.07) is 3.28. The molecule has 3 aromatic heterocycles. The molecule has 0 spiro atoms. The lowest BCUT2D eigenvalue weighted by Crippen LogP contribution is -2.25. The van der Waals surface area contributed by atoms with Crippen molar-refractivity contribution in [3.8, 4) is 17.1 Å². The summed E-state index contributed by atoms with van der Waals surface area (Å²) in [6.07, 6.45) is 5.55. The lowest BCUT2D eigenvalue weighted by Gasteiger charge is -2.11. The number of nitrogens with one attached hydrogen (secondary N) is 1. The molecular weight excluding hydrogens is 302 g/mol. The van der Waals surface area contributed by atoms with Gasteiger partial charge < -0.3 is 14.9 Å². The van der Waals surface area contributed by atoms with Crippen LogP contribution in [-0.2, 0) is 7.05 Å². The van der Waals surface area contributed by atoms with Crippen LogP contribution < -0.4 is 10.9 Å². The van der Waals surface area contributed by atoms with E-state index in [9.17, 15) is 14.7 Å². The molecule has 0 bridgehead atoms. The minimum absolute atomic E-state index is 0.227. The summed E-state index contributed by atoms with van der Waals surface area (Å²) in [5, 5.41) is 15.8. The summed E-state index contributed by atoms with van der Waals surface area (Å²) in [7, 11) is 1.45. The average molecular weight is 313 g/mol. The lowest BCUT2D eigenvalue weighted by atomic mass is 10.2. The Labute approximate surface area is 129 Å². The topological polar surface area (TPSA) is 123 Å². The van der Waals surface area contributed by atoms with Gasteiger partial charge >= 0.3 is 0 Å². The number of aromatic nitrogens is 4. The number of aromatic hydroxyl groups is 1. The number of hydrogen-bond donors (Lipinski definition) is 2. The molecule has 9 nitrogen and oxygen atoms in total. The van der Waals surface area contributed by atoms with E-state index in [-0.39, 0.29) is 17.2 Å². The van der Waals surface area contributed by atoms with E-state index in [4.69, 9.17) is 0 Å². The summed E-state index contributed by atoms with van der Waals surface area (Å²) in [4.78, 5) is 32.3. The van der Waals surface area contributed by atoms with Gasteiger partial charge in [0.15, 0.2) is 5.69 Å². The maximum absolute atomic E-state index is 12.2. The zero-order valence-electron chi connectivity index (χ0n) is 11.9. The van der Waals surface area contributed by atoms with Crippen molar-refractivity contribution in [2.45, 2.75) is 0 Å². The zero-order chi connectivity index (χ0) is 16.4. The normalized spacial score (nSPS) is 10.5. The van der Waals surface area contributed by atoms with Gasteiger partial charge in [-0.1, -0.05) is 5.16 Å². The summed E-state index contributed by atoms with van der Waals surface area (Å²) in [5.41, 5.74) is -0.260. The van der Waals surface area contributed by atoms with E-state index in [1.165, 1.54) is 31.9 Å². The van der Waals surface area contributed by atoms with Crippen LogP contribution in [0.1, 0.15) is 10.5 Å². The molecule has 116 valence electrons. The molecule has 0 saturated carbocycles. The number of hydrogen-bond acceptors (Lipinski definition) is 7. The molecule has 0 saturated heterocycles. The van der Waals surface area contributed by atoms with Crippen molar-refractivity contribution in [3.05, 3.63) is 53.0 Å². The molecule has 3 aromatic rings. The van der Waals surface area contributed by atoms with Crippen LogP contribution >= 0.6 is 0 Å². The third kappa shape index (κ3) is 2.67. The molecule has 0 unspecified atom stereocenters. The predicted molar refractivity (Wildman–Crippen MR) is 78.8 cm³/mol. The van der Waals surface area contributed by atoms with Gasteiger partial charge in [-0.3, -0.25) is 19.1 Å². The van der Waals surface area contributed by atoms with E-state index in [0.29, 0.717) is 5.56 Å². The van der Waals surface area contributed by atoms with Crippen molar-refractivity contribution in [2.75, 3.05) is 5.32 Å². The minimum Gasteiger partial charge on any atom is -0.501 e. The standard InChI is InChI=1S/C14H11N5O4/c1-19-12(8-2-4-15-5-3-8)18-10(11(20)14(19)22)13(21)17-9-6-16-23-7-9/h2-7,20H,1H3,(H,17,21). The molecule has 1 amide bonds. The summed E-state index contributed by atoms with van der Waals surface area (Å²) < 4.78 is 5.75. The van der Waals surface area contributed by atoms with Crippen LogP contribution in [-0.4, -0.2) is 30.7 Å². The molecule has 3 rings (SSSR count). The molecule has 0 fully saturated rings. The first-order valence-corrected chi connectivity index (χ1v) is 6.49. The Balaban J connectivity index is 2.09. The molecule has 0 aliphatic heterocycles. The first-order chi connectivity index (χ1) is 11.1. The summed E-state index contributed by atoms with van der Waals surface area (Å²) >= 11 is 0. The fraction of sp³-hybridized carbons (Fsp3) is 0.0714. The van der Waals surface area contributed by atoms with Gasteiger partial charge in [0.05, 0.1) is 6.20 Å². The molecule has 2 N–H and O–H groups in total. The number of pyridine rings is 1. The van der Waals surface area contributed by atoms with Crippen LogP contribution in [0.3, 0.4) is 0 Å². The van der Waals surface area contributed by atoms with E-state index in [1.807, 2.05) is 0 Å². The maximum atomic E-state index is 12.2. The van der Waals surface area contributed by atoms with E-state index in [0.717, 1.165) is 4.57 Å². The maximum Gasteiger partial charge on any atom is 0.296 e. The SMILES string of the molecule is Cn1c(-c2ccncc2)nc(C(=O)Nc2cnoc2)c(O)c1=O. The summed E-state index contributed by atoms with van der Waals surface area (Å²) in [5.74, 6) is -1.26. The van der Waals surface area contributed by atoms with Gasteiger partial charge in [0.2, 0.25) is 5.75 Å². The number of carbonyl (C=O) groups is 1. The highest BCUT2D eigenvalue weighted by molar-refractivity contribution is 6.04. The predicted octanol–water partition coefficient (Wildman–Crippen LogP) is 0.788. The van der Waals surface area contributed by atoms with Crippen LogP contribution in [0.4, 0.5) is 5.69 Å². The average Bonchev–Trinajstić information content (AvgIpc) is 3.06. The van der Waals surface area contributed by atoms with Crippen molar-refractivity contribution in [1.29, 1.82) is 0 Å². The smallest absolute Gasteiger partial charge is 0.296 e. The van der Waals surface area contributed by atoms with Crippen molar-refractivity contribution in [2.24, 2.45) is 7.05 Å². The Bertz CT molecular complexity index is 903. The number of anilines is 1. The van der Waals surface area contributed by atoms with Crippen LogP contribution in [0.5, 0.6) is 5.75 Å². The number of nitrogens with zero attached hydrogens (tertiary/aromatic N) is 4. The van der Waals surface area contributed by atoms with Gasteiger partial charge in [0.25, 0.3) is 11.5 Å². The molecule has 0 atom stereocenters. The fourth-order valence-electron chi connectivity index (χ4n) is 1.96. The molecule has 23 heavy (non-hydrogen) atoms. The second kappa shape index (κ2) is 5.72. The largest absolute Gasteiger partial charge is 0.501 e. The van der Waals surface area contributed by atoms with E-state index in [1.54, 1.807) is 12.1 Å². The molecule has 0 radical (unpaired) electrons. The minimum atomic E-state index is -0.751. The highest BCUT2D eigenvalue weighted by Gasteiger charge is 2.21. The third-order valence-electron chi connectivity index (χ3n) is 3.11. The van der Waals surface area contributed by atoms with Crippen molar-refractivity contribution >= 4 is 11.6 Å². The van der Waals surface area contributed by atoms with Gasteiger partial charge in [0, 0.05) is 25.0 Å². The number of rotatable bonds is 3. The molecule has 9 heteroatoms. The molecule has 0 aromatic carbocycles. The Morgan fingerprint density at radius 3 is 2.74 bits per heavy atom. The first-order valence-electron chi connectivity index (χ1n) is 6.49. The monoisotopic (exact) mass is 313 g/mol. The van der Waals surface area contributed by atoms with Gasteiger partial charge in [-0.2, -0.15) is 0 Å². The van der Waals surface area contributed by atoms with E-state index in [2.05, 4.69) is 25.0 Å². The van der Waals surface area contributed by atoms with Crippen LogP contribution in [0, 0.1) is 0 Å². The third-order valence-corrected chi connectivity index (χ3v) is 3.11. The Kier molecular flexibility index (Phi) is 3.59. The Morgan fingerprint density at radius 1 is 1.35 bits per heavy atom. The van der Waals surface area contributed by atoms with E-state index >= 15 is 0 Å². The number of carbonyl (C=O) groups excluding carboxylic acids is 1. The highest BCUT2D eigenvalue weighted by Crippen LogP contribution is 2.19. The Morgan fingerprint density at radius 2 is 2.09 bits per heavy atom. The number of amides is 1. The molecule has 0 aliphatic carbocycles. The lowest BCUT2D eigenvalue weighted by molar-refractivity contribution is 0.101. The molecule has 3 heterocycles. The second-order valence-corrected chi connectivity index (χ2v) is 4.60. The van der Waals surface area contributed by atoms with Gasteiger partial charge in [0.1, 0.15) is 17.8 Å². The van der Waals surface area contributed by atoms with Crippen molar-refractivity contribution in [1.82, 2.24) is 19.7 Å². The van der Waals surface area contributed by atoms with Crippen molar-refractivity contribution < 1.29 is 14.4 Å². The fourth-order valence-corrected chi connectivity index (χ4v) is 1.96. The summed E-state index contributed by atoms with van der Waals surface area (Å²) in [6.45, 7) is 0. The van der Waals surface area contributed by atoms with E-state index < -0.39 is 17.2 Å². The Hall–Kier alpha value is -3.49. The quantitative estimate of drug-likeness (QED) is 0.732. The second-order valence-electron chi connectivity index (χ2n) is 4.60. The van der Waals surface area contributed by atoms with Gasteiger partial charge in [-0.05, 0) is 12.1 Å².